The first kappa shape index (κ1) is 17.4. The summed E-state index contributed by atoms with van der Waals surface area (Å²) >= 11 is 1.73. The monoisotopic (exact) mass is 329 g/mol. The molecule has 0 unspecified atom stereocenters. The number of hydrogen-bond acceptors (Lipinski definition) is 3. The van der Waals surface area contributed by atoms with Crippen LogP contribution in [0.25, 0.3) is 0 Å². The summed E-state index contributed by atoms with van der Waals surface area (Å²) in [7, 11) is 0. The molecule has 4 heteroatoms. The van der Waals surface area contributed by atoms with Crippen molar-refractivity contribution in [1.82, 2.24) is 5.32 Å². The van der Waals surface area contributed by atoms with Crippen LogP contribution >= 0.6 is 11.8 Å². The van der Waals surface area contributed by atoms with Gasteiger partial charge < -0.3 is 10.1 Å². The number of hydrogen-bond donors (Lipinski definition) is 1. The van der Waals surface area contributed by atoms with Gasteiger partial charge in [-0.25, -0.2) is 0 Å². The molecule has 0 fully saturated rings. The molecular weight excluding hydrogens is 306 g/mol. The molecule has 2 aromatic carbocycles. The molecule has 0 aliphatic heterocycles. The number of benzene rings is 2. The van der Waals surface area contributed by atoms with Gasteiger partial charge in [0.1, 0.15) is 5.75 Å². The highest BCUT2D eigenvalue weighted by atomic mass is 32.2. The minimum Gasteiger partial charge on any atom is -0.483 e. The molecule has 2 rings (SSSR count). The molecule has 0 aromatic heterocycles. The zero-order valence-electron chi connectivity index (χ0n) is 13.9. The van der Waals surface area contributed by atoms with Crippen LogP contribution in [0.2, 0.25) is 0 Å². The van der Waals surface area contributed by atoms with Crippen molar-refractivity contribution in [3.8, 4) is 5.75 Å². The van der Waals surface area contributed by atoms with Gasteiger partial charge in [-0.2, -0.15) is 0 Å². The van der Waals surface area contributed by atoms with Crippen LogP contribution in [0.1, 0.15) is 16.7 Å². The quantitative estimate of drug-likeness (QED) is 0.618. The van der Waals surface area contributed by atoms with Crippen molar-refractivity contribution < 1.29 is 9.53 Å². The highest BCUT2D eigenvalue weighted by molar-refractivity contribution is 7.99. The van der Waals surface area contributed by atoms with E-state index in [4.69, 9.17) is 4.74 Å². The summed E-state index contributed by atoms with van der Waals surface area (Å²) in [4.78, 5) is 13.0. The number of nitrogens with one attached hydrogen (secondary N) is 1. The van der Waals surface area contributed by atoms with Crippen LogP contribution in [0.3, 0.4) is 0 Å². The van der Waals surface area contributed by atoms with Gasteiger partial charge in [-0.15, -0.1) is 11.8 Å². The highest BCUT2D eigenvalue weighted by Gasteiger charge is 2.05. The topological polar surface area (TPSA) is 38.3 Å². The van der Waals surface area contributed by atoms with Gasteiger partial charge in [-0.1, -0.05) is 29.8 Å². The second kappa shape index (κ2) is 8.63. The van der Waals surface area contributed by atoms with Crippen molar-refractivity contribution in [2.75, 3.05) is 18.9 Å². The number of thioether (sulfide) groups is 1. The van der Waals surface area contributed by atoms with Crippen molar-refractivity contribution in [2.24, 2.45) is 0 Å². The lowest BCUT2D eigenvalue weighted by atomic mass is 10.1. The van der Waals surface area contributed by atoms with Crippen LogP contribution in [0.15, 0.2) is 47.4 Å². The van der Waals surface area contributed by atoms with E-state index in [0.717, 1.165) is 22.6 Å². The van der Waals surface area contributed by atoms with Gasteiger partial charge in [-0.05, 0) is 50.1 Å². The number of ether oxygens (including phenoxy) is 1. The largest absolute Gasteiger partial charge is 0.483 e. The Balaban J connectivity index is 1.67. The molecule has 0 aliphatic carbocycles. The summed E-state index contributed by atoms with van der Waals surface area (Å²) in [5, 5.41) is 2.88. The number of carbonyl (C=O) groups is 1. The lowest BCUT2D eigenvalue weighted by Gasteiger charge is -2.10. The van der Waals surface area contributed by atoms with Crippen molar-refractivity contribution in [2.45, 2.75) is 25.7 Å². The molecule has 122 valence electrons. The molecule has 3 nitrogen and oxygen atoms in total. The molecule has 0 aliphatic rings. The van der Waals surface area contributed by atoms with Crippen molar-refractivity contribution in [1.29, 1.82) is 0 Å². The van der Waals surface area contributed by atoms with Gasteiger partial charge in [0.05, 0.1) is 0 Å². The van der Waals surface area contributed by atoms with Crippen LogP contribution in [-0.4, -0.2) is 24.8 Å². The van der Waals surface area contributed by atoms with E-state index < -0.39 is 0 Å². The number of aryl methyl sites for hydroxylation is 3. The molecule has 1 amide bonds. The van der Waals surface area contributed by atoms with Gasteiger partial charge in [0.2, 0.25) is 0 Å². The summed E-state index contributed by atoms with van der Waals surface area (Å²) in [5.74, 6) is 1.53. The fraction of sp³-hybridized carbons (Fsp3) is 0.316. The van der Waals surface area contributed by atoms with E-state index in [1.54, 1.807) is 11.8 Å². The molecule has 0 radical (unpaired) electrons. The van der Waals surface area contributed by atoms with E-state index in [1.165, 1.54) is 10.5 Å². The Hall–Kier alpha value is -1.94. The smallest absolute Gasteiger partial charge is 0.257 e. The molecule has 2 aromatic rings. The van der Waals surface area contributed by atoms with Crippen LogP contribution in [0, 0.1) is 20.8 Å². The van der Waals surface area contributed by atoms with Crippen LogP contribution in [0.4, 0.5) is 0 Å². The van der Waals surface area contributed by atoms with E-state index in [1.807, 2.05) is 32.0 Å². The summed E-state index contributed by atoms with van der Waals surface area (Å²) in [5.41, 5.74) is 3.42. The SMILES string of the molecule is Cc1ccc(SCCNC(=O)COc2cc(C)ccc2C)cc1. The minimum atomic E-state index is -0.0876. The first-order valence-corrected chi connectivity index (χ1v) is 8.69. The normalized spacial score (nSPS) is 10.4. The summed E-state index contributed by atoms with van der Waals surface area (Å²) in [6, 6.07) is 14.4. The predicted octanol–water partition coefficient (Wildman–Crippen LogP) is 3.90. The van der Waals surface area contributed by atoms with Gasteiger partial charge in [0.15, 0.2) is 6.61 Å². The first-order chi connectivity index (χ1) is 11.0. The fourth-order valence-electron chi connectivity index (χ4n) is 2.05. The number of carbonyl (C=O) groups excluding carboxylic acids is 1. The zero-order chi connectivity index (χ0) is 16.7. The molecule has 0 bridgehead atoms. The number of rotatable bonds is 7. The second-order valence-corrected chi connectivity index (χ2v) is 6.74. The van der Waals surface area contributed by atoms with Gasteiger partial charge in [-0.3, -0.25) is 4.79 Å². The van der Waals surface area contributed by atoms with Crippen LogP contribution < -0.4 is 10.1 Å². The molecule has 0 saturated carbocycles. The summed E-state index contributed by atoms with van der Waals surface area (Å²) in [6.07, 6.45) is 0. The fourth-order valence-corrected chi connectivity index (χ4v) is 2.82. The molecule has 0 heterocycles. The third-order valence-corrected chi connectivity index (χ3v) is 4.43. The summed E-state index contributed by atoms with van der Waals surface area (Å²) in [6.45, 7) is 6.75. The Morgan fingerprint density at radius 1 is 1.04 bits per heavy atom. The maximum atomic E-state index is 11.8. The standard InChI is InChI=1S/C19H23NO2S/c1-14-5-8-17(9-6-14)23-11-10-20-19(21)13-22-18-12-15(2)4-7-16(18)3/h4-9,12H,10-11,13H2,1-3H3,(H,20,21). The maximum absolute atomic E-state index is 11.8. The third kappa shape index (κ3) is 5.99. The lowest BCUT2D eigenvalue weighted by molar-refractivity contribution is -0.122. The van der Waals surface area contributed by atoms with E-state index in [2.05, 4.69) is 36.5 Å². The van der Waals surface area contributed by atoms with Crippen LogP contribution in [0.5, 0.6) is 5.75 Å². The van der Waals surface area contributed by atoms with Gasteiger partial charge >= 0.3 is 0 Å². The maximum Gasteiger partial charge on any atom is 0.257 e. The van der Waals surface area contributed by atoms with E-state index in [-0.39, 0.29) is 12.5 Å². The number of amides is 1. The van der Waals surface area contributed by atoms with E-state index >= 15 is 0 Å². The summed E-state index contributed by atoms with van der Waals surface area (Å²) < 4.78 is 5.59. The van der Waals surface area contributed by atoms with Crippen molar-refractivity contribution in [3.05, 3.63) is 59.2 Å². The minimum absolute atomic E-state index is 0.0551. The lowest BCUT2D eigenvalue weighted by Crippen LogP contribution is -2.30. The van der Waals surface area contributed by atoms with E-state index in [0.29, 0.717) is 6.54 Å². The Morgan fingerprint density at radius 2 is 1.74 bits per heavy atom. The molecular formula is C19H23NO2S. The van der Waals surface area contributed by atoms with Crippen molar-refractivity contribution in [3.63, 3.8) is 0 Å². The molecule has 0 atom stereocenters. The Labute approximate surface area is 142 Å². The third-order valence-electron chi connectivity index (χ3n) is 3.42. The zero-order valence-corrected chi connectivity index (χ0v) is 14.7. The average Bonchev–Trinajstić information content (AvgIpc) is 2.54. The van der Waals surface area contributed by atoms with E-state index in [9.17, 15) is 4.79 Å². The molecule has 0 spiro atoms. The molecule has 23 heavy (non-hydrogen) atoms. The first-order valence-electron chi connectivity index (χ1n) is 7.71. The van der Waals surface area contributed by atoms with Gasteiger partial charge in [0.25, 0.3) is 5.91 Å². The Bertz CT molecular complexity index is 653. The van der Waals surface area contributed by atoms with Crippen LogP contribution in [-0.2, 0) is 4.79 Å². The second-order valence-electron chi connectivity index (χ2n) is 5.57. The predicted molar refractivity (Wildman–Crippen MR) is 96.3 cm³/mol. The molecule has 1 N–H and O–H groups in total. The Morgan fingerprint density at radius 3 is 2.48 bits per heavy atom. The van der Waals surface area contributed by atoms with Gasteiger partial charge in [0, 0.05) is 17.2 Å². The average molecular weight is 329 g/mol. The van der Waals surface area contributed by atoms with Crippen molar-refractivity contribution >= 4 is 17.7 Å². The Kier molecular flexibility index (Phi) is 6.53. The molecule has 0 saturated heterocycles. The highest BCUT2D eigenvalue weighted by Crippen LogP contribution is 2.19.